The van der Waals surface area contributed by atoms with Crippen molar-refractivity contribution in [3.63, 3.8) is 0 Å². The van der Waals surface area contributed by atoms with E-state index in [9.17, 15) is 0 Å². The Morgan fingerprint density at radius 1 is 0.455 bits per heavy atom. The predicted molar refractivity (Wildman–Crippen MR) is 224 cm³/mol. The molecule has 0 N–H and O–H groups in total. The molecule has 13 rings (SSSR count). The second-order valence-electron chi connectivity index (χ2n) is 14.2. The number of halogens is 1. The molecule has 7 heteroatoms. The fourth-order valence-corrected chi connectivity index (χ4v) is 9.10. The number of hydrogen-bond donors (Lipinski definition) is 0. The van der Waals surface area contributed by atoms with Crippen LogP contribution in [0.5, 0.6) is 0 Å². The van der Waals surface area contributed by atoms with E-state index in [4.69, 9.17) is 34.8 Å². The Bertz CT molecular complexity index is 3810. The molecule has 0 aliphatic carbocycles. The quantitative estimate of drug-likeness (QED) is 0.177. The second kappa shape index (κ2) is 10.5. The van der Waals surface area contributed by atoms with Crippen LogP contribution in [0.3, 0.4) is 0 Å². The van der Waals surface area contributed by atoms with Crippen LogP contribution in [-0.2, 0) is 0 Å². The first-order valence-electron chi connectivity index (χ1n) is 18.2. The van der Waals surface area contributed by atoms with Gasteiger partial charge in [-0.1, -0.05) is 109 Å². The highest BCUT2D eigenvalue weighted by Gasteiger charge is 2.26. The summed E-state index contributed by atoms with van der Waals surface area (Å²) < 4.78 is 21.5. The van der Waals surface area contributed by atoms with Gasteiger partial charge in [0.15, 0.2) is 16.6 Å². The fourth-order valence-electron chi connectivity index (χ4n) is 8.90. The van der Waals surface area contributed by atoms with E-state index in [2.05, 4.69) is 108 Å². The third kappa shape index (κ3) is 3.88. The Hall–Kier alpha value is -7.15. The van der Waals surface area contributed by atoms with Crippen molar-refractivity contribution in [1.29, 1.82) is 0 Å². The molecule has 0 saturated carbocycles. The normalized spacial score (nSPS) is 12.5. The zero-order valence-electron chi connectivity index (χ0n) is 28.8. The molecule has 0 aliphatic rings. The maximum Gasteiger partial charge on any atom is 0.247 e. The number of fused-ring (bicyclic) bond motifs is 18. The van der Waals surface area contributed by atoms with Gasteiger partial charge in [0.25, 0.3) is 0 Å². The van der Waals surface area contributed by atoms with Gasteiger partial charge in [0.2, 0.25) is 5.71 Å². The molecule has 0 aliphatic heterocycles. The monoisotopic (exact) mass is 725 g/mol. The molecule has 5 heterocycles. The molecule has 0 unspecified atom stereocenters. The van der Waals surface area contributed by atoms with Crippen LogP contribution in [0.2, 0.25) is 5.15 Å². The van der Waals surface area contributed by atoms with E-state index in [1.807, 2.05) is 42.5 Å². The summed E-state index contributed by atoms with van der Waals surface area (Å²) in [6, 6.07) is 50.4. The van der Waals surface area contributed by atoms with Crippen molar-refractivity contribution in [3.8, 4) is 16.9 Å². The minimum absolute atomic E-state index is 0.235. The Balaban J connectivity index is 1.21. The first-order valence-corrected chi connectivity index (χ1v) is 18.6. The maximum absolute atomic E-state index is 7.14. The summed E-state index contributed by atoms with van der Waals surface area (Å²) in [5.74, 6) is 0.506. The summed E-state index contributed by atoms with van der Waals surface area (Å²) in [4.78, 5) is 10.0. The molecule has 0 amide bonds. The van der Waals surface area contributed by atoms with Gasteiger partial charge < -0.3 is 13.3 Å². The van der Waals surface area contributed by atoms with Crippen LogP contribution in [0.25, 0.3) is 126 Å². The van der Waals surface area contributed by atoms with Crippen LogP contribution in [0, 0.1) is 0 Å². The number of rotatable bonds is 2. The van der Waals surface area contributed by atoms with E-state index in [0.29, 0.717) is 22.6 Å². The minimum atomic E-state index is 0.235. The molecular weight excluding hydrogens is 702 g/mol. The fraction of sp³-hybridized carbons (Fsp3) is 0. The molecule has 256 valence electrons. The molecule has 8 aromatic carbocycles. The summed E-state index contributed by atoms with van der Waals surface area (Å²) >= 11 is 7.14. The van der Waals surface area contributed by atoms with E-state index >= 15 is 0 Å². The molecule has 0 fully saturated rings. The summed E-state index contributed by atoms with van der Waals surface area (Å²) in [5, 5.41) is 11.9. The van der Waals surface area contributed by atoms with Crippen molar-refractivity contribution in [1.82, 2.24) is 14.5 Å². The Morgan fingerprint density at radius 3 is 2.00 bits per heavy atom. The lowest BCUT2D eigenvalue weighted by molar-refractivity contribution is 0.652. The molecule has 13 aromatic rings. The van der Waals surface area contributed by atoms with Crippen LogP contribution in [-0.4, -0.2) is 14.5 Å². The third-order valence-corrected chi connectivity index (χ3v) is 11.6. The number of nitrogens with zero attached hydrogens (tertiary/aromatic N) is 3. The lowest BCUT2D eigenvalue weighted by Gasteiger charge is -2.11. The lowest BCUT2D eigenvalue weighted by Crippen LogP contribution is -2.01. The van der Waals surface area contributed by atoms with E-state index in [0.717, 1.165) is 104 Å². The smallest absolute Gasteiger partial charge is 0.247 e. The van der Waals surface area contributed by atoms with Crippen LogP contribution in [0.15, 0.2) is 159 Å². The average molecular weight is 726 g/mol. The largest absolute Gasteiger partial charge is 0.456 e. The van der Waals surface area contributed by atoms with E-state index in [1.165, 1.54) is 0 Å². The molecule has 0 radical (unpaired) electrons. The summed E-state index contributed by atoms with van der Waals surface area (Å²) in [6.45, 7) is 0. The van der Waals surface area contributed by atoms with Gasteiger partial charge in [-0.3, -0.25) is 4.57 Å². The molecule has 55 heavy (non-hydrogen) atoms. The van der Waals surface area contributed by atoms with Crippen molar-refractivity contribution in [2.24, 2.45) is 0 Å². The highest BCUT2D eigenvalue weighted by atomic mass is 35.5. The first kappa shape index (κ1) is 29.3. The molecule has 0 saturated heterocycles. The minimum Gasteiger partial charge on any atom is -0.456 e. The Morgan fingerprint density at radius 2 is 1.13 bits per heavy atom. The number of furan rings is 3. The topological polar surface area (TPSA) is 70.1 Å². The van der Waals surface area contributed by atoms with E-state index in [1.54, 1.807) is 0 Å². The number of hydrogen-bond acceptors (Lipinski definition) is 5. The molecule has 0 spiro atoms. The van der Waals surface area contributed by atoms with Gasteiger partial charge in [0.1, 0.15) is 27.8 Å². The van der Waals surface area contributed by atoms with Gasteiger partial charge in [-0.25, -0.2) is 4.98 Å². The summed E-state index contributed by atoms with van der Waals surface area (Å²) in [5.41, 5.74) is 9.13. The predicted octanol–water partition coefficient (Wildman–Crippen LogP) is 13.9. The van der Waals surface area contributed by atoms with Crippen molar-refractivity contribution in [3.05, 3.63) is 151 Å². The van der Waals surface area contributed by atoms with Gasteiger partial charge >= 0.3 is 0 Å². The average Bonchev–Trinajstić information content (AvgIpc) is 3.99. The van der Waals surface area contributed by atoms with Gasteiger partial charge in [0.05, 0.1) is 11.0 Å². The van der Waals surface area contributed by atoms with Crippen LogP contribution in [0.4, 0.5) is 0 Å². The van der Waals surface area contributed by atoms with Crippen molar-refractivity contribution in [2.45, 2.75) is 0 Å². The standard InChI is InChI=1S/C48H24ClN3O3/c49-46-47(50-42-32-13-5-8-16-38(32)54-48(42)51-46)52-36-14-6-3-12-31(36)40-35-24-26(27-19-22-39-34(23-27)29-11-4-7-15-37(29)53-39)18-20-30(35)41-33-21-17-25-9-1-2-10-28(25)44(33)55-45(41)43(40)52/h1-24H. The van der Waals surface area contributed by atoms with Gasteiger partial charge in [-0.15, -0.1) is 0 Å². The van der Waals surface area contributed by atoms with Crippen LogP contribution >= 0.6 is 11.6 Å². The Kier molecular flexibility index (Phi) is 5.60. The number of aromatic nitrogens is 3. The zero-order valence-corrected chi connectivity index (χ0v) is 29.6. The summed E-state index contributed by atoms with van der Waals surface area (Å²) in [6.07, 6.45) is 0. The third-order valence-electron chi connectivity index (χ3n) is 11.3. The molecule has 6 nitrogen and oxygen atoms in total. The van der Waals surface area contributed by atoms with Gasteiger partial charge in [0, 0.05) is 43.1 Å². The highest BCUT2D eigenvalue weighted by molar-refractivity contribution is 6.37. The van der Waals surface area contributed by atoms with Crippen molar-refractivity contribution < 1.29 is 13.3 Å². The SMILES string of the molecule is Clc1nc2oc3ccccc3c2nc1-n1c2ccccc2c2c3cc(-c4ccc5oc6ccccc6c5c4)ccc3c3c4ccc5ccccc5c4oc3c21. The number of benzene rings is 8. The second-order valence-corrected chi connectivity index (χ2v) is 14.6. The molecule has 0 bridgehead atoms. The maximum atomic E-state index is 7.14. The molecule has 0 atom stereocenters. The van der Waals surface area contributed by atoms with Crippen molar-refractivity contribution >= 4 is 121 Å². The number of para-hydroxylation sites is 3. The van der Waals surface area contributed by atoms with Gasteiger partial charge in [-0.2, -0.15) is 4.98 Å². The highest BCUT2D eigenvalue weighted by Crippen LogP contribution is 2.48. The zero-order chi connectivity index (χ0) is 35.9. The first-order chi connectivity index (χ1) is 27.2. The molecular formula is C48H24ClN3O3. The molecule has 5 aromatic heterocycles. The van der Waals surface area contributed by atoms with Crippen molar-refractivity contribution in [2.75, 3.05) is 0 Å². The Labute approximate surface area is 315 Å². The van der Waals surface area contributed by atoms with Gasteiger partial charge in [-0.05, 0) is 75.8 Å². The van der Waals surface area contributed by atoms with Crippen LogP contribution < -0.4 is 0 Å². The summed E-state index contributed by atoms with van der Waals surface area (Å²) in [7, 11) is 0. The van der Waals surface area contributed by atoms with E-state index in [-0.39, 0.29) is 5.15 Å². The lowest BCUT2D eigenvalue weighted by atomic mass is 9.94. The van der Waals surface area contributed by atoms with E-state index < -0.39 is 0 Å². The van der Waals surface area contributed by atoms with Crippen LogP contribution in [0.1, 0.15) is 0 Å².